The number of nitrogens with one attached hydrogen (secondary N) is 1. The highest BCUT2D eigenvalue weighted by atomic mass is 32.2. The zero-order valence-corrected chi connectivity index (χ0v) is 17.4. The molecule has 0 unspecified atom stereocenters. The van der Waals surface area contributed by atoms with Gasteiger partial charge in [-0.1, -0.05) is 0 Å². The molecule has 0 radical (unpaired) electrons. The Hall–Kier alpha value is -2.20. The maximum absolute atomic E-state index is 13.1. The van der Waals surface area contributed by atoms with Crippen molar-refractivity contribution in [3.63, 3.8) is 0 Å². The van der Waals surface area contributed by atoms with Gasteiger partial charge in [-0.2, -0.15) is 14.5 Å². The first-order chi connectivity index (χ1) is 13.4. The highest BCUT2D eigenvalue weighted by Crippen LogP contribution is 2.25. The van der Waals surface area contributed by atoms with E-state index in [1.54, 1.807) is 24.0 Å². The number of hydrogen-bond donors (Lipinski definition) is 1. The molecule has 2 aromatic heterocycles. The predicted octanol–water partition coefficient (Wildman–Crippen LogP) is 1.14. The summed E-state index contributed by atoms with van der Waals surface area (Å²) in [5.41, 5.74) is 1.42. The Labute approximate surface area is 165 Å². The van der Waals surface area contributed by atoms with Gasteiger partial charge in [0.15, 0.2) is 0 Å². The third kappa shape index (κ3) is 4.12. The van der Waals surface area contributed by atoms with Crippen LogP contribution in [0.15, 0.2) is 23.4 Å². The fourth-order valence-corrected chi connectivity index (χ4v) is 5.24. The van der Waals surface area contributed by atoms with E-state index in [9.17, 15) is 13.2 Å². The molecule has 1 fully saturated rings. The normalized spacial score (nSPS) is 18.3. The van der Waals surface area contributed by atoms with Gasteiger partial charge in [0.25, 0.3) is 0 Å². The summed E-state index contributed by atoms with van der Waals surface area (Å²) in [7, 11) is -3.66. The zero-order valence-electron chi connectivity index (χ0n) is 16.6. The van der Waals surface area contributed by atoms with Crippen LogP contribution >= 0.6 is 0 Å². The number of sulfonamides is 1. The van der Waals surface area contributed by atoms with Crippen molar-refractivity contribution in [2.24, 2.45) is 5.92 Å². The molecule has 0 bridgehead atoms. The number of hydrogen-bond acceptors (Lipinski definition) is 5. The van der Waals surface area contributed by atoms with Gasteiger partial charge in [0.2, 0.25) is 15.9 Å². The van der Waals surface area contributed by atoms with E-state index >= 15 is 0 Å². The maximum atomic E-state index is 13.1. The number of carbonyl (C=O) groups excluding carboxylic acids is 1. The fraction of sp³-hybridized carbons (Fsp3) is 0.611. The van der Waals surface area contributed by atoms with Crippen LogP contribution in [-0.4, -0.2) is 51.3 Å². The Kier molecular flexibility index (Phi) is 6.19. The number of rotatable bonds is 7. The van der Waals surface area contributed by atoms with Gasteiger partial charge in [-0.3, -0.25) is 14.2 Å². The number of aryl methyl sites for hydroxylation is 3. The average Bonchev–Trinajstić information content (AvgIpc) is 3.32. The summed E-state index contributed by atoms with van der Waals surface area (Å²) in [6.07, 6.45) is 4.61. The second-order valence-electron chi connectivity index (χ2n) is 6.99. The van der Waals surface area contributed by atoms with E-state index in [0.29, 0.717) is 38.2 Å². The van der Waals surface area contributed by atoms with Crippen molar-refractivity contribution in [2.75, 3.05) is 13.1 Å². The van der Waals surface area contributed by atoms with Gasteiger partial charge in [-0.05, 0) is 39.7 Å². The smallest absolute Gasteiger partial charge is 0.246 e. The first kappa shape index (κ1) is 20.5. The molecule has 154 valence electrons. The largest absolute Gasteiger partial charge is 0.350 e. The molecule has 1 amide bonds. The zero-order chi connectivity index (χ0) is 20.3. The summed E-state index contributed by atoms with van der Waals surface area (Å²) in [4.78, 5) is 12.9. The summed E-state index contributed by atoms with van der Waals surface area (Å²) >= 11 is 0. The molecule has 1 N–H and O–H groups in total. The molecule has 1 aliphatic rings. The summed E-state index contributed by atoms with van der Waals surface area (Å²) in [6, 6.07) is 1.87. The van der Waals surface area contributed by atoms with Gasteiger partial charge in [0, 0.05) is 38.6 Å². The summed E-state index contributed by atoms with van der Waals surface area (Å²) < 4.78 is 31.0. The van der Waals surface area contributed by atoms with Crippen molar-refractivity contribution >= 4 is 15.9 Å². The van der Waals surface area contributed by atoms with Crippen molar-refractivity contribution in [3.8, 4) is 0 Å². The lowest BCUT2D eigenvalue weighted by molar-refractivity contribution is -0.126. The molecule has 0 spiro atoms. The van der Waals surface area contributed by atoms with Crippen LogP contribution in [0, 0.1) is 12.8 Å². The van der Waals surface area contributed by atoms with E-state index in [2.05, 4.69) is 15.5 Å². The third-order valence-electron chi connectivity index (χ3n) is 5.15. The molecule has 2 aromatic rings. The Balaban J connectivity index is 1.67. The highest BCUT2D eigenvalue weighted by Gasteiger charge is 2.35. The molecule has 0 aliphatic carbocycles. The molecule has 3 heterocycles. The Bertz CT molecular complexity index is 933. The molecule has 9 nitrogen and oxygen atoms in total. The summed E-state index contributed by atoms with van der Waals surface area (Å²) in [6.45, 7) is 7.94. The minimum absolute atomic E-state index is 0.121. The van der Waals surface area contributed by atoms with Crippen LogP contribution in [0.4, 0.5) is 0 Å². The Morgan fingerprint density at radius 1 is 1.32 bits per heavy atom. The van der Waals surface area contributed by atoms with Crippen LogP contribution in [0.1, 0.15) is 38.1 Å². The number of aromatic nitrogens is 4. The molecule has 0 saturated carbocycles. The van der Waals surface area contributed by atoms with Crippen molar-refractivity contribution in [1.82, 2.24) is 29.2 Å². The van der Waals surface area contributed by atoms with Crippen molar-refractivity contribution < 1.29 is 13.2 Å². The lowest BCUT2D eigenvalue weighted by Gasteiger charge is -2.31. The molecular formula is C18H28N6O3S. The highest BCUT2D eigenvalue weighted by molar-refractivity contribution is 7.89. The number of amides is 1. The number of piperidine rings is 1. The molecule has 3 rings (SSSR count). The van der Waals surface area contributed by atoms with Gasteiger partial charge >= 0.3 is 0 Å². The monoisotopic (exact) mass is 408 g/mol. The van der Waals surface area contributed by atoms with Crippen LogP contribution < -0.4 is 5.32 Å². The molecular weight excluding hydrogens is 380 g/mol. The summed E-state index contributed by atoms with van der Waals surface area (Å²) in [5, 5.41) is 11.4. The summed E-state index contributed by atoms with van der Waals surface area (Å²) in [5.74, 6) is -0.479. The molecule has 10 heteroatoms. The van der Waals surface area contributed by atoms with Crippen LogP contribution in [-0.2, 0) is 34.5 Å². The quantitative estimate of drug-likeness (QED) is 0.740. The first-order valence-electron chi connectivity index (χ1n) is 9.69. The van der Waals surface area contributed by atoms with Crippen LogP contribution in [0.25, 0.3) is 0 Å². The second-order valence-corrected chi connectivity index (χ2v) is 8.90. The number of carbonyl (C=O) groups is 1. The average molecular weight is 409 g/mol. The second kappa shape index (κ2) is 8.44. The lowest BCUT2D eigenvalue weighted by Crippen LogP contribution is -2.45. The minimum Gasteiger partial charge on any atom is -0.350 e. The molecule has 1 aliphatic heterocycles. The standard InChI is InChI=1S/C18H28N6O3S/c1-4-22-13-17(14(3)21-22)28(26,27)23-10-6-7-15(12-23)18(25)19-11-16-8-9-20-24(16)5-2/h8-9,13,15H,4-7,10-12H2,1-3H3,(H,19,25)/t15-/m0/s1. The lowest BCUT2D eigenvalue weighted by atomic mass is 9.99. The Morgan fingerprint density at radius 3 is 2.79 bits per heavy atom. The van der Waals surface area contributed by atoms with Crippen LogP contribution in [0.3, 0.4) is 0 Å². The fourth-order valence-electron chi connectivity index (χ4n) is 3.55. The van der Waals surface area contributed by atoms with Crippen LogP contribution in [0.5, 0.6) is 0 Å². The minimum atomic E-state index is -3.66. The van der Waals surface area contributed by atoms with Crippen molar-refractivity contribution in [2.45, 2.75) is 58.1 Å². The molecule has 28 heavy (non-hydrogen) atoms. The molecule has 1 atom stereocenters. The van der Waals surface area contributed by atoms with Gasteiger partial charge in [-0.25, -0.2) is 8.42 Å². The van der Waals surface area contributed by atoms with E-state index in [4.69, 9.17) is 0 Å². The SMILES string of the molecule is CCn1cc(S(=O)(=O)N2CCC[C@H](C(=O)NCc3ccnn3CC)C2)c(C)n1. The van der Waals surface area contributed by atoms with Crippen molar-refractivity contribution in [1.29, 1.82) is 0 Å². The van der Waals surface area contributed by atoms with Gasteiger partial charge in [0.1, 0.15) is 4.90 Å². The Morgan fingerprint density at radius 2 is 2.11 bits per heavy atom. The van der Waals surface area contributed by atoms with E-state index in [1.165, 1.54) is 4.31 Å². The van der Waals surface area contributed by atoms with Crippen molar-refractivity contribution in [3.05, 3.63) is 29.8 Å². The first-order valence-corrected chi connectivity index (χ1v) is 11.1. The van der Waals surface area contributed by atoms with E-state index in [-0.39, 0.29) is 23.3 Å². The van der Waals surface area contributed by atoms with Gasteiger partial charge < -0.3 is 5.32 Å². The number of nitrogens with zero attached hydrogens (tertiary/aromatic N) is 5. The molecule has 0 aromatic carbocycles. The van der Waals surface area contributed by atoms with Crippen LogP contribution in [0.2, 0.25) is 0 Å². The third-order valence-corrected chi connectivity index (χ3v) is 7.11. The predicted molar refractivity (Wildman–Crippen MR) is 104 cm³/mol. The maximum Gasteiger partial charge on any atom is 0.246 e. The van der Waals surface area contributed by atoms with Gasteiger partial charge in [-0.15, -0.1) is 0 Å². The van der Waals surface area contributed by atoms with E-state index < -0.39 is 10.0 Å². The van der Waals surface area contributed by atoms with Gasteiger partial charge in [0.05, 0.1) is 23.9 Å². The van der Waals surface area contributed by atoms with E-state index in [1.807, 2.05) is 24.6 Å². The molecule has 1 saturated heterocycles. The van der Waals surface area contributed by atoms with E-state index in [0.717, 1.165) is 12.2 Å². The topological polar surface area (TPSA) is 102 Å².